The van der Waals surface area contributed by atoms with Gasteiger partial charge in [0.1, 0.15) is 5.82 Å². The van der Waals surface area contributed by atoms with Crippen LogP contribution in [0.25, 0.3) is 5.69 Å². The second-order valence-corrected chi connectivity index (χ2v) is 5.72. The van der Waals surface area contributed by atoms with Gasteiger partial charge in [0, 0.05) is 28.8 Å². The monoisotopic (exact) mass is 325 g/mol. The SMILES string of the molecule is CC(C)C(CN)c1cncn1-c1ccc(F)cc1Br. The van der Waals surface area contributed by atoms with Crippen molar-refractivity contribution >= 4 is 15.9 Å². The van der Waals surface area contributed by atoms with E-state index >= 15 is 0 Å². The van der Waals surface area contributed by atoms with Gasteiger partial charge in [0.05, 0.1) is 12.0 Å². The smallest absolute Gasteiger partial charge is 0.124 e. The van der Waals surface area contributed by atoms with Crippen LogP contribution in [-0.4, -0.2) is 16.1 Å². The number of halogens is 2. The van der Waals surface area contributed by atoms with E-state index in [9.17, 15) is 4.39 Å². The number of hydrogen-bond donors (Lipinski definition) is 1. The van der Waals surface area contributed by atoms with Gasteiger partial charge in [-0.2, -0.15) is 0 Å². The van der Waals surface area contributed by atoms with Crippen molar-refractivity contribution in [1.29, 1.82) is 0 Å². The van der Waals surface area contributed by atoms with E-state index in [1.165, 1.54) is 12.1 Å². The first kappa shape index (κ1) is 14.2. The number of nitrogens with zero attached hydrogens (tertiary/aromatic N) is 2. The Morgan fingerprint density at radius 2 is 2.16 bits per heavy atom. The van der Waals surface area contributed by atoms with Crippen molar-refractivity contribution in [2.24, 2.45) is 11.7 Å². The number of nitrogens with two attached hydrogens (primary N) is 1. The van der Waals surface area contributed by atoms with Crippen molar-refractivity contribution in [2.75, 3.05) is 6.54 Å². The molecule has 0 spiro atoms. The average Bonchev–Trinajstić information content (AvgIpc) is 2.78. The summed E-state index contributed by atoms with van der Waals surface area (Å²) in [7, 11) is 0. The van der Waals surface area contributed by atoms with Crippen molar-refractivity contribution in [3.8, 4) is 5.69 Å². The molecule has 0 aliphatic rings. The molecule has 2 N–H and O–H groups in total. The minimum atomic E-state index is -0.267. The maximum absolute atomic E-state index is 13.2. The first-order valence-electron chi connectivity index (χ1n) is 6.22. The van der Waals surface area contributed by atoms with Gasteiger partial charge in [-0.1, -0.05) is 13.8 Å². The van der Waals surface area contributed by atoms with E-state index < -0.39 is 0 Å². The van der Waals surface area contributed by atoms with Crippen LogP contribution in [0.5, 0.6) is 0 Å². The Morgan fingerprint density at radius 1 is 1.42 bits per heavy atom. The van der Waals surface area contributed by atoms with E-state index in [-0.39, 0.29) is 11.7 Å². The Kier molecular flexibility index (Phi) is 4.37. The highest BCUT2D eigenvalue weighted by atomic mass is 79.9. The van der Waals surface area contributed by atoms with Crippen molar-refractivity contribution in [3.05, 3.63) is 46.7 Å². The maximum atomic E-state index is 13.2. The molecule has 19 heavy (non-hydrogen) atoms. The summed E-state index contributed by atoms with van der Waals surface area (Å²) in [5.41, 5.74) is 7.78. The standard InChI is InChI=1S/C14H17BrFN3/c1-9(2)11(6-17)14-7-18-8-19(14)13-4-3-10(16)5-12(13)15/h3-5,7-9,11H,6,17H2,1-2H3. The molecule has 1 atom stereocenters. The molecule has 0 aliphatic heterocycles. The average molecular weight is 326 g/mol. The summed E-state index contributed by atoms with van der Waals surface area (Å²) < 4.78 is 15.8. The van der Waals surface area contributed by atoms with Crippen molar-refractivity contribution in [1.82, 2.24) is 9.55 Å². The molecule has 1 aromatic carbocycles. The molecule has 5 heteroatoms. The highest BCUT2D eigenvalue weighted by Gasteiger charge is 2.19. The molecule has 0 amide bonds. The van der Waals surface area contributed by atoms with Gasteiger partial charge in [-0.25, -0.2) is 9.37 Å². The third-order valence-corrected chi connectivity index (χ3v) is 3.91. The summed E-state index contributed by atoms with van der Waals surface area (Å²) >= 11 is 3.39. The molecule has 1 unspecified atom stereocenters. The van der Waals surface area contributed by atoms with Crippen LogP contribution < -0.4 is 5.73 Å². The van der Waals surface area contributed by atoms with Crippen LogP contribution in [0.15, 0.2) is 35.2 Å². The highest BCUT2D eigenvalue weighted by Crippen LogP contribution is 2.29. The van der Waals surface area contributed by atoms with Crippen LogP contribution in [0.1, 0.15) is 25.5 Å². The minimum absolute atomic E-state index is 0.222. The highest BCUT2D eigenvalue weighted by molar-refractivity contribution is 9.10. The van der Waals surface area contributed by atoms with E-state index in [4.69, 9.17) is 5.73 Å². The van der Waals surface area contributed by atoms with Gasteiger partial charge in [0.2, 0.25) is 0 Å². The van der Waals surface area contributed by atoms with Gasteiger partial charge in [-0.3, -0.25) is 0 Å². The normalized spacial score (nSPS) is 12.9. The topological polar surface area (TPSA) is 43.8 Å². The number of rotatable bonds is 4. The number of imidazole rings is 1. The molecule has 2 rings (SSSR count). The Labute approximate surface area is 120 Å². The van der Waals surface area contributed by atoms with Crippen LogP contribution in [0.4, 0.5) is 4.39 Å². The van der Waals surface area contributed by atoms with E-state index in [0.717, 1.165) is 11.4 Å². The van der Waals surface area contributed by atoms with Gasteiger partial charge in [-0.15, -0.1) is 0 Å². The van der Waals surface area contributed by atoms with Crippen molar-refractivity contribution in [2.45, 2.75) is 19.8 Å². The number of hydrogen-bond acceptors (Lipinski definition) is 2. The van der Waals surface area contributed by atoms with Gasteiger partial charge in [0.15, 0.2) is 0 Å². The molecule has 3 nitrogen and oxygen atoms in total. The zero-order valence-corrected chi connectivity index (χ0v) is 12.6. The maximum Gasteiger partial charge on any atom is 0.124 e. The second kappa shape index (κ2) is 5.84. The molecule has 0 fully saturated rings. The van der Waals surface area contributed by atoms with Gasteiger partial charge in [-0.05, 0) is 40.0 Å². The predicted molar refractivity (Wildman–Crippen MR) is 77.9 cm³/mol. The third kappa shape index (κ3) is 2.87. The summed E-state index contributed by atoms with van der Waals surface area (Å²) in [6, 6.07) is 4.63. The minimum Gasteiger partial charge on any atom is -0.330 e. The third-order valence-electron chi connectivity index (χ3n) is 3.27. The molecular weight excluding hydrogens is 309 g/mol. The van der Waals surface area contributed by atoms with Crippen LogP contribution in [0, 0.1) is 11.7 Å². The van der Waals surface area contributed by atoms with Gasteiger partial charge in [0.25, 0.3) is 0 Å². The molecule has 0 radical (unpaired) electrons. The fourth-order valence-electron chi connectivity index (χ4n) is 2.19. The fourth-order valence-corrected chi connectivity index (χ4v) is 2.73. The quantitative estimate of drug-likeness (QED) is 0.935. The lowest BCUT2D eigenvalue weighted by molar-refractivity contribution is 0.489. The van der Waals surface area contributed by atoms with Crippen molar-refractivity contribution in [3.63, 3.8) is 0 Å². The lowest BCUT2D eigenvalue weighted by Crippen LogP contribution is -2.20. The summed E-state index contributed by atoms with van der Waals surface area (Å²) in [5, 5.41) is 0. The molecule has 102 valence electrons. The second-order valence-electron chi connectivity index (χ2n) is 4.87. The molecule has 1 aromatic heterocycles. The van der Waals surface area contributed by atoms with E-state index in [1.807, 2.05) is 10.8 Å². The Balaban J connectivity index is 2.49. The molecule has 0 aliphatic carbocycles. The van der Waals surface area contributed by atoms with E-state index in [0.29, 0.717) is 16.9 Å². The molecule has 0 bridgehead atoms. The first-order chi connectivity index (χ1) is 9.04. The largest absolute Gasteiger partial charge is 0.330 e. The summed E-state index contributed by atoms with van der Waals surface area (Å²) in [4.78, 5) is 4.21. The molecule has 0 saturated carbocycles. The lowest BCUT2D eigenvalue weighted by atomic mass is 9.93. The zero-order chi connectivity index (χ0) is 14.0. The summed E-state index contributed by atoms with van der Waals surface area (Å²) in [6.45, 7) is 4.82. The zero-order valence-electron chi connectivity index (χ0n) is 11.0. The molecular formula is C14H17BrFN3. The van der Waals surface area contributed by atoms with Crippen LogP contribution >= 0.6 is 15.9 Å². The summed E-state index contributed by atoms with van der Waals surface area (Å²) in [6.07, 6.45) is 3.56. The fraction of sp³-hybridized carbons (Fsp3) is 0.357. The van der Waals surface area contributed by atoms with Crippen LogP contribution in [0.2, 0.25) is 0 Å². The Hall–Kier alpha value is -1.20. The molecule has 2 aromatic rings. The first-order valence-corrected chi connectivity index (χ1v) is 7.01. The Morgan fingerprint density at radius 3 is 2.74 bits per heavy atom. The van der Waals surface area contributed by atoms with Crippen molar-refractivity contribution < 1.29 is 4.39 Å². The van der Waals surface area contributed by atoms with E-state index in [1.54, 1.807) is 12.4 Å². The Bertz CT molecular complexity index is 566. The number of benzene rings is 1. The van der Waals surface area contributed by atoms with Crippen LogP contribution in [0.3, 0.4) is 0 Å². The van der Waals surface area contributed by atoms with Gasteiger partial charge >= 0.3 is 0 Å². The molecule has 1 heterocycles. The number of aromatic nitrogens is 2. The van der Waals surface area contributed by atoms with Crippen LogP contribution in [-0.2, 0) is 0 Å². The summed E-state index contributed by atoms with van der Waals surface area (Å²) in [5.74, 6) is 0.371. The molecule has 0 saturated heterocycles. The van der Waals surface area contributed by atoms with Gasteiger partial charge < -0.3 is 10.3 Å². The predicted octanol–water partition coefficient (Wildman–Crippen LogP) is 3.47. The lowest BCUT2D eigenvalue weighted by Gasteiger charge is -2.21. The van der Waals surface area contributed by atoms with E-state index in [2.05, 4.69) is 34.8 Å².